The number of fused-ring (bicyclic) bond motifs is 1. The normalized spacial score (nSPS) is 18.9. The number of nitrogens with zero attached hydrogens (tertiary/aromatic N) is 4. The average molecular weight is 437 g/mol. The zero-order valence-electron chi connectivity index (χ0n) is 18.8. The predicted molar refractivity (Wildman–Crippen MR) is 119 cm³/mol. The summed E-state index contributed by atoms with van der Waals surface area (Å²) in [5.74, 6) is 5.82. The lowest BCUT2D eigenvalue weighted by atomic mass is 10.00. The topological polar surface area (TPSA) is 95.9 Å². The molecule has 0 fully saturated rings. The first kappa shape index (κ1) is 23.2. The van der Waals surface area contributed by atoms with E-state index < -0.39 is 0 Å². The number of carbonyl (C=O) groups excluding carboxylic acids is 2. The lowest BCUT2D eigenvalue weighted by molar-refractivity contribution is -0.129. The molecule has 8 nitrogen and oxygen atoms in total. The molecular formula is C24H28N4O4. The molecule has 3 atom stereocenters. The molecule has 1 N–H and O–H groups in total. The number of hydrogen-bond acceptors (Lipinski definition) is 6. The van der Waals surface area contributed by atoms with Gasteiger partial charge in [0.15, 0.2) is 0 Å². The molecule has 0 bridgehead atoms. The molecule has 168 valence electrons. The van der Waals surface area contributed by atoms with Crippen LogP contribution in [0.3, 0.4) is 0 Å². The minimum atomic E-state index is -0.381. The molecule has 0 aromatic carbocycles. The van der Waals surface area contributed by atoms with Gasteiger partial charge in [0.2, 0.25) is 11.8 Å². The highest BCUT2D eigenvalue weighted by Crippen LogP contribution is 2.27. The fourth-order valence-electron chi connectivity index (χ4n) is 3.37. The Morgan fingerprint density at radius 2 is 2.03 bits per heavy atom. The van der Waals surface area contributed by atoms with Crippen molar-refractivity contribution < 1.29 is 19.4 Å². The third-order valence-corrected chi connectivity index (χ3v) is 5.54. The van der Waals surface area contributed by atoms with Crippen LogP contribution >= 0.6 is 0 Å². The molecule has 2 aromatic heterocycles. The number of rotatable bonds is 4. The van der Waals surface area contributed by atoms with Gasteiger partial charge in [-0.25, -0.2) is 4.98 Å². The van der Waals surface area contributed by atoms with E-state index in [9.17, 15) is 14.7 Å². The minimum absolute atomic E-state index is 0.0746. The zero-order valence-corrected chi connectivity index (χ0v) is 18.8. The Morgan fingerprint density at radius 1 is 1.34 bits per heavy atom. The second-order valence-electron chi connectivity index (χ2n) is 8.08. The van der Waals surface area contributed by atoms with Crippen LogP contribution in [0.2, 0.25) is 0 Å². The van der Waals surface area contributed by atoms with Crippen molar-refractivity contribution in [3.63, 3.8) is 0 Å². The Bertz CT molecular complexity index is 1030. The first-order valence-corrected chi connectivity index (χ1v) is 10.5. The zero-order chi connectivity index (χ0) is 23.3. The van der Waals surface area contributed by atoms with Crippen molar-refractivity contribution in [2.24, 2.45) is 5.92 Å². The second-order valence-corrected chi connectivity index (χ2v) is 8.08. The number of ether oxygens (including phenoxy) is 1. The molecule has 3 rings (SSSR count). The van der Waals surface area contributed by atoms with Gasteiger partial charge in [-0.15, -0.1) is 0 Å². The van der Waals surface area contributed by atoms with Gasteiger partial charge in [-0.3, -0.25) is 14.6 Å². The summed E-state index contributed by atoms with van der Waals surface area (Å²) < 4.78 is 6.15. The van der Waals surface area contributed by atoms with Gasteiger partial charge in [0.1, 0.15) is 11.7 Å². The van der Waals surface area contributed by atoms with Gasteiger partial charge in [0, 0.05) is 56.2 Å². The molecule has 0 saturated heterocycles. The fraction of sp³-hybridized carbons (Fsp3) is 0.417. The van der Waals surface area contributed by atoms with E-state index in [-0.39, 0.29) is 47.9 Å². The molecule has 8 heteroatoms. The van der Waals surface area contributed by atoms with Gasteiger partial charge in [0.05, 0.1) is 19.2 Å². The number of amides is 2. The number of aromatic nitrogens is 2. The highest BCUT2D eigenvalue weighted by Gasteiger charge is 2.34. The lowest BCUT2D eigenvalue weighted by Gasteiger charge is -2.37. The quantitative estimate of drug-likeness (QED) is 0.731. The molecule has 32 heavy (non-hydrogen) atoms. The van der Waals surface area contributed by atoms with Gasteiger partial charge in [0.25, 0.3) is 5.91 Å². The Kier molecular flexibility index (Phi) is 7.44. The number of pyridine rings is 2. The maximum Gasteiger partial charge on any atom is 0.259 e. The molecule has 0 aliphatic carbocycles. The minimum Gasteiger partial charge on any atom is -0.472 e. The summed E-state index contributed by atoms with van der Waals surface area (Å²) in [6.45, 7) is 5.82. The Labute approximate surface area is 188 Å². The standard InChI is InChI=1S/C24H28N4O4/c1-16-13-28(17(2)15-29)24(31)21-11-20(6-5-19-7-9-25-10-8-19)12-26-23(21)32-22(16)14-27(4)18(3)30/h7-12,16-17,22,29H,13-15H2,1-4H3/t16-,17+,22-/m0/s1. The van der Waals surface area contributed by atoms with Crippen molar-refractivity contribution in [2.45, 2.75) is 32.9 Å². The van der Waals surface area contributed by atoms with E-state index in [1.807, 2.05) is 6.92 Å². The molecule has 2 aromatic rings. The summed E-state index contributed by atoms with van der Waals surface area (Å²) in [6.07, 6.45) is 4.52. The van der Waals surface area contributed by atoms with E-state index in [0.717, 1.165) is 5.56 Å². The van der Waals surface area contributed by atoms with E-state index in [0.29, 0.717) is 18.7 Å². The van der Waals surface area contributed by atoms with Crippen molar-refractivity contribution in [1.82, 2.24) is 19.8 Å². The van der Waals surface area contributed by atoms with Crippen LogP contribution in [-0.4, -0.2) is 75.6 Å². The monoisotopic (exact) mass is 436 g/mol. The molecule has 0 saturated carbocycles. The van der Waals surface area contributed by atoms with E-state index >= 15 is 0 Å². The van der Waals surface area contributed by atoms with Crippen molar-refractivity contribution in [2.75, 3.05) is 26.7 Å². The molecular weight excluding hydrogens is 408 g/mol. The highest BCUT2D eigenvalue weighted by molar-refractivity contribution is 5.97. The van der Waals surface area contributed by atoms with Gasteiger partial charge in [-0.1, -0.05) is 18.8 Å². The van der Waals surface area contributed by atoms with Gasteiger partial charge in [-0.05, 0) is 25.1 Å². The number of hydrogen-bond donors (Lipinski definition) is 1. The fourth-order valence-corrected chi connectivity index (χ4v) is 3.37. The largest absolute Gasteiger partial charge is 0.472 e. The number of aliphatic hydroxyl groups is 1. The Morgan fingerprint density at radius 3 is 2.69 bits per heavy atom. The van der Waals surface area contributed by atoms with Crippen molar-refractivity contribution in [1.29, 1.82) is 0 Å². The van der Waals surface area contributed by atoms with Crippen LogP contribution in [0.25, 0.3) is 0 Å². The van der Waals surface area contributed by atoms with Crippen LogP contribution in [0.15, 0.2) is 36.8 Å². The summed E-state index contributed by atoms with van der Waals surface area (Å²) >= 11 is 0. The summed E-state index contributed by atoms with van der Waals surface area (Å²) in [5, 5.41) is 9.73. The molecule has 0 radical (unpaired) electrons. The summed E-state index contributed by atoms with van der Waals surface area (Å²) in [6, 6.07) is 4.88. The number of aliphatic hydroxyl groups excluding tert-OH is 1. The van der Waals surface area contributed by atoms with Gasteiger partial charge in [-0.2, -0.15) is 0 Å². The first-order chi connectivity index (χ1) is 15.3. The summed E-state index contributed by atoms with van der Waals surface area (Å²) in [7, 11) is 1.71. The second kappa shape index (κ2) is 10.2. The molecule has 3 heterocycles. The SMILES string of the molecule is CC(=O)N(C)C[C@@H]1Oc2ncc(C#Cc3ccncc3)cc2C(=O)N([C@H](C)CO)C[C@@H]1C. The van der Waals surface area contributed by atoms with Gasteiger partial charge < -0.3 is 19.6 Å². The predicted octanol–water partition coefficient (Wildman–Crippen LogP) is 1.57. The number of carbonyl (C=O) groups is 2. The van der Waals surface area contributed by atoms with Crippen molar-refractivity contribution in [3.05, 3.63) is 53.5 Å². The van der Waals surface area contributed by atoms with E-state index in [4.69, 9.17) is 4.74 Å². The van der Waals surface area contributed by atoms with E-state index in [2.05, 4.69) is 21.8 Å². The van der Waals surface area contributed by atoms with Crippen LogP contribution in [-0.2, 0) is 4.79 Å². The Balaban J connectivity index is 2.00. The van der Waals surface area contributed by atoms with Crippen LogP contribution in [0, 0.1) is 17.8 Å². The molecule has 1 aliphatic heterocycles. The van der Waals surface area contributed by atoms with Crippen LogP contribution in [0.4, 0.5) is 0 Å². The number of likely N-dealkylation sites (N-methyl/N-ethyl adjacent to an activating group) is 1. The van der Waals surface area contributed by atoms with Crippen LogP contribution in [0.5, 0.6) is 5.88 Å². The highest BCUT2D eigenvalue weighted by atomic mass is 16.5. The maximum absolute atomic E-state index is 13.4. The first-order valence-electron chi connectivity index (χ1n) is 10.5. The van der Waals surface area contributed by atoms with Crippen LogP contribution < -0.4 is 4.74 Å². The Hall–Kier alpha value is -3.44. The van der Waals surface area contributed by atoms with Crippen molar-refractivity contribution in [3.8, 4) is 17.7 Å². The average Bonchev–Trinajstić information content (AvgIpc) is 2.80. The summed E-state index contributed by atoms with van der Waals surface area (Å²) in [4.78, 5) is 36.7. The molecule has 0 spiro atoms. The van der Waals surface area contributed by atoms with Gasteiger partial charge >= 0.3 is 0 Å². The molecule has 0 unspecified atom stereocenters. The third kappa shape index (κ3) is 5.42. The molecule has 1 aliphatic rings. The van der Waals surface area contributed by atoms with E-state index in [1.165, 1.54) is 6.92 Å². The smallest absolute Gasteiger partial charge is 0.259 e. The maximum atomic E-state index is 13.4. The summed E-state index contributed by atoms with van der Waals surface area (Å²) in [5.41, 5.74) is 1.65. The van der Waals surface area contributed by atoms with Crippen molar-refractivity contribution >= 4 is 11.8 Å². The van der Waals surface area contributed by atoms with Crippen LogP contribution in [0.1, 0.15) is 42.3 Å². The third-order valence-electron chi connectivity index (χ3n) is 5.54. The van der Waals surface area contributed by atoms with E-state index in [1.54, 1.807) is 60.6 Å². The lowest BCUT2D eigenvalue weighted by Crippen LogP contribution is -2.50. The molecule has 2 amide bonds.